The van der Waals surface area contributed by atoms with Crippen LogP contribution in [0.25, 0.3) is 0 Å². The molecule has 1 aromatic carbocycles. The van der Waals surface area contributed by atoms with Crippen molar-refractivity contribution in [3.05, 3.63) is 76.6 Å². The van der Waals surface area contributed by atoms with Gasteiger partial charge in [0.2, 0.25) is 23.6 Å². The number of aliphatic hydroxyl groups excluding tert-OH is 1. The lowest BCUT2D eigenvalue weighted by Gasteiger charge is -2.29. The number of ether oxygens (including phenoxy) is 1. The van der Waals surface area contributed by atoms with Gasteiger partial charge in [-0.25, -0.2) is 4.98 Å². The normalized spacial score (nSPS) is 14.0. The zero-order valence-electron chi connectivity index (χ0n) is 29.7. The van der Waals surface area contributed by atoms with Crippen molar-refractivity contribution in [3.63, 3.8) is 0 Å². The number of rotatable bonds is 20. The Kier molecular flexibility index (Phi) is 17.0. The molecule has 14 nitrogen and oxygen atoms in total. The maximum atomic E-state index is 13.7. The van der Waals surface area contributed by atoms with Gasteiger partial charge in [0.15, 0.2) is 0 Å². The summed E-state index contributed by atoms with van der Waals surface area (Å²) in [4.78, 5) is 76.4. The molecule has 5 amide bonds. The van der Waals surface area contributed by atoms with Gasteiger partial charge in [-0.15, -0.1) is 0 Å². The predicted molar refractivity (Wildman–Crippen MR) is 196 cm³/mol. The molecule has 16 heteroatoms. The Hall–Kier alpha value is -4.53. The second-order valence-corrected chi connectivity index (χ2v) is 13.7. The first kappa shape index (κ1) is 41.9. The topological polar surface area (TPSA) is 204 Å². The number of imidazole rings is 1. The summed E-state index contributed by atoms with van der Waals surface area (Å²) in [5.74, 6) is -3.01. The van der Waals surface area contributed by atoms with Crippen LogP contribution in [0.4, 0.5) is 0 Å². The third-order valence-electron chi connectivity index (χ3n) is 8.20. The average molecular weight is 761 g/mol. The van der Waals surface area contributed by atoms with Crippen molar-refractivity contribution in [2.45, 2.75) is 90.4 Å². The molecule has 52 heavy (non-hydrogen) atoms. The highest BCUT2D eigenvalue weighted by Crippen LogP contribution is 2.31. The minimum Gasteiger partial charge on any atom is -0.492 e. The fourth-order valence-corrected chi connectivity index (χ4v) is 5.56. The van der Waals surface area contributed by atoms with Crippen molar-refractivity contribution < 1.29 is 33.8 Å². The molecule has 0 aliphatic carbocycles. The van der Waals surface area contributed by atoms with E-state index in [0.29, 0.717) is 35.7 Å². The highest BCUT2D eigenvalue weighted by molar-refractivity contribution is 6.42. The molecule has 2 aromatic heterocycles. The smallest absolute Gasteiger partial charge is 0.276 e. The number of halogens is 2. The molecule has 0 saturated carbocycles. The van der Waals surface area contributed by atoms with Gasteiger partial charge in [-0.1, -0.05) is 69.5 Å². The summed E-state index contributed by atoms with van der Waals surface area (Å²) in [5.41, 5.74) is 0.568. The quantitative estimate of drug-likeness (QED) is 0.0927. The molecule has 0 radical (unpaired) electrons. The van der Waals surface area contributed by atoms with E-state index in [1.165, 1.54) is 18.6 Å². The highest BCUT2D eigenvalue weighted by atomic mass is 35.5. The largest absolute Gasteiger partial charge is 0.492 e. The van der Waals surface area contributed by atoms with Gasteiger partial charge in [0.25, 0.3) is 5.91 Å². The average Bonchev–Trinajstić information content (AvgIpc) is 3.63. The number of carbonyl (C=O) groups is 5. The van der Waals surface area contributed by atoms with Crippen molar-refractivity contribution in [2.75, 3.05) is 6.61 Å². The van der Waals surface area contributed by atoms with Gasteiger partial charge in [-0.2, -0.15) is 0 Å². The Bertz CT molecular complexity index is 1630. The molecule has 0 spiro atoms. The summed E-state index contributed by atoms with van der Waals surface area (Å²) in [6.07, 6.45) is 3.93. The summed E-state index contributed by atoms with van der Waals surface area (Å²) in [6.45, 7) is 7.56. The van der Waals surface area contributed by atoms with Gasteiger partial charge < -0.3 is 30.8 Å². The first-order valence-electron chi connectivity index (χ1n) is 17.2. The molecule has 0 saturated heterocycles. The van der Waals surface area contributed by atoms with Crippen LogP contribution in [0.2, 0.25) is 10.0 Å². The van der Waals surface area contributed by atoms with E-state index in [-0.39, 0.29) is 42.0 Å². The maximum Gasteiger partial charge on any atom is 0.276 e. The number of imide groups is 1. The molecule has 0 fully saturated rings. The second kappa shape index (κ2) is 21.1. The number of hydrogen-bond acceptors (Lipinski definition) is 9. The van der Waals surface area contributed by atoms with Gasteiger partial charge in [0.05, 0.1) is 42.2 Å². The predicted octanol–water partition coefficient (Wildman–Crippen LogP) is 3.77. The van der Waals surface area contributed by atoms with Crippen LogP contribution in [0.3, 0.4) is 0 Å². The van der Waals surface area contributed by atoms with E-state index in [4.69, 9.17) is 27.9 Å². The minimum atomic E-state index is -1.35. The van der Waals surface area contributed by atoms with Crippen LogP contribution in [0.5, 0.6) is 5.75 Å². The molecule has 0 aliphatic heterocycles. The second-order valence-electron chi connectivity index (χ2n) is 12.9. The van der Waals surface area contributed by atoms with E-state index in [9.17, 15) is 29.1 Å². The van der Waals surface area contributed by atoms with E-state index >= 15 is 0 Å². The number of aromatic amines is 1. The van der Waals surface area contributed by atoms with Gasteiger partial charge in [-0.3, -0.25) is 34.3 Å². The summed E-state index contributed by atoms with van der Waals surface area (Å²) < 4.78 is 5.65. The molecule has 0 unspecified atom stereocenters. The first-order chi connectivity index (χ1) is 24.8. The third kappa shape index (κ3) is 13.5. The maximum absolute atomic E-state index is 13.7. The number of amides is 5. The van der Waals surface area contributed by atoms with Gasteiger partial charge in [0.1, 0.15) is 28.5 Å². The summed E-state index contributed by atoms with van der Waals surface area (Å²) in [7, 11) is 0. The van der Waals surface area contributed by atoms with Crippen LogP contribution >= 0.6 is 23.2 Å². The van der Waals surface area contributed by atoms with Crippen molar-refractivity contribution in [2.24, 2.45) is 11.8 Å². The fourth-order valence-electron chi connectivity index (χ4n) is 5.22. The Labute approximate surface area is 313 Å². The van der Waals surface area contributed by atoms with Crippen LogP contribution < -0.4 is 26.0 Å². The van der Waals surface area contributed by atoms with E-state index in [0.717, 1.165) is 0 Å². The number of aliphatic hydroxyl groups is 1. The number of nitrogens with one attached hydrogen (secondary N) is 5. The molecule has 0 aliphatic rings. The summed E-state index contributed by atoms with van der Waals surface area (Å²) in [6, 6.07) is 6.69. The Morgan fingerprint density at radius 1 is 0.942 bits per heavy atom. The van der Waals surface area contributed by atoms with Crippen LogP contribution in [0.1, 0.15) is 76.0 Å². The van der Waals surface area contributed by atoms with Crippen molar-refractivity contribution in [1.82, 2.24) is 36.2 Å². The van der Waals surface area contributed by atoms with Crippen molar-refractivity contribution >= 4 is 52.7 Å². The first-order valence-corrected chi connectivity index (χ1v) is 17.9. The van der Waals surface area contributed by atoms with Crippen LogP contribution in [-0.2, 0) is 25.6 Å². The number of pyridine rings is 1. The monoisotopic (exact) mass is 759 g/mol. The standard InChI is InChI=1S/C36H47Cl2N7O7/c1-5-22(4)33(36(51)45-34(49)25-11-6-7-14-40-25)44-31(48)18-28(46)26(16-21(2)3)43-35(50)27(17-23-19-39-20-41-23)42-30(47)13-9-15-52-29-12-8-10-24(37)32(29)38/h6-8,10-12,14,19-22,26-28,33,46H,5,9,13,15-18H2,1-4H3,(H,39,41)(H,42,47)(H,43,50)(H,44,48)(H,45,49,51)/t22-,26-,27-,28-,33-/m0/s1. The Morgan fingerprint density at radius 3 is 2.37 bits per heavy atom. The lowest BCUT2D eigenvalue weighted by atomic mass is 9.95. The van der Waals surface area contributed by atoms with Gasteiger partial charge in [-0.05, 0) is 48.9 Å². The summed E-state index contributed by atoms with van der Waals surface area (Å²) in [5, 5.41) is 22.4. The minimum absolute atomic E-state index is 0.00615. The molecular weight excluding hydrogens is 713 g/mol. The van der Waals surface area contributed by atoms with Gasteiger partial charge in [0, 0.05) is 25.2 Å². The van der Waals surface area contributed by atoms with E-state index in [2.05, 4.69) is 36.2 Å². The summed E-state index contributed by atoms with van der Waals surface area (Å²) >= 11 is 12.2. The lowest BCUT2D eigenvalue weighted by Crippen LogP contribution is -2.55. The number of benzene rings is 1. The number of hydrogen-bond donors (Lipinski definition) is 6. The molecule has 6 N–H and O–H groups in total. The lowest BCUT2D eigenvalue weighted by molar-refractivity contribution is -0.132. The number of aromatic nitrogens is 3. The van der Waals surface area contributed by atoms with Crippen molar-refractivity contribution in [1.29, 1.82) is 0 Å². The molecule has 2 heterocycles. The van der Waals surface area contributed by atoms with Crippen LogP contribution in [-0.4, -0.2) is 80.4 Å². The van der Waals surface area contributed by atoms with E-state index in [1.807, 2.05) is 20.8 Å². The molecule has 282 valence electrons. The SMILES string of the molecule is CC[C@H](C)[C@H](NC(=O)C[C@H](O)[C@H](CC(C)C)NC(=O)[C@H](Cc1c[nH]cn1)NC(=O)CCCOc1cccc(Cl)c1Cl)C(=O)NC(=O)c1ccccn1. The molecular formula is C36H47Cl2N7O7. The van der Waals surface area contributed by atoms with Crippen molar-refractivity contribution in [3.8, 4) is 5.75 Å². The molecule has 0 bridgehead atoms. The highest BCUT2D eigenvalue weighted by Gasteiger charge is 2.32. The van der Waals surface area contributed by atoms with Crippen LogP contribution in [0, 0.1) is 11.8 Å². The zero-order chi connectivity index (χ0) is 38.2. The Balaban J connectivity index is 1.63. The number of carbonyl (C=O) groups excluding carboxylic acids is 5. The molecule has 3 aromatic rings. The van der Waals surface area contributed by atoms with Gasteiger partial charge >= 0.3 is 0 Å². The zero-order valence-corrected chi connectivity index (χ0v) is 31.2. The third-order valence-corrected chi connectivity index (χ3v) is 9.00. The van der Waals surface area contributed by atoms with E-state index in [1.54, 1.807) is 43.5 Å². The van der Waals surface area contributed by atoms with Crippen LogP contribution in [0.15, 0.2) is 55.1 Å². The Morgan fingerprint density at radius 2 is 1.71 bits per heavy atom. The molecule has 3 rings (SSSR count). The number of H-pyrrole nitrogens is 1. The fraction of sp³-hybridized carbons (Fsp3) is 0.472. The number of nitrogens with zero attached hydrogens (tertiary/aromatic N) is 2. The van der Waals surface area contributed by atoms with E-state index < -0.39 is 60.2 Å². The molecule has 5 atom stereocenters.